The van der Waals surface area contributed by atoms with Gasteiger partial charge in [-0.3, -0.25) is 4.79 Å². The largest absolute Gasteiger partial charge is 0.548 e. The molecular formula is C23H46N2O3. The van der Waals surface area contributed by atoms with Crippen LogP contribution >= 0.6 is 0 Å². The second-order valence-corrected chi connectivity index (χ2v) is 7.94. The molecule has 0 aliphatic rings. The smallest absolute Gasteiger partial charge is 0.220 e. The van der Waals surface area contributed by atoms with Crippen LogP contribution in [0.1, 0.15) is 111 Å². The number of carboxylic acid groups (broad SMARTS) is 1. The Morgan fingerprint density at radius 1 is 0.821 bits per heavy atom. The maximum atomic E-state index is 11.8. The minimum atomic E-state index is -1.21. The first-order valence-corrected chi connectivity index (χ1v) is 11.1. The molecule has 0 aromatic carbocycles. The van der Waals surface area contributed by atoms with Gasteiger partial charge < -0.3 is 21.4 Å². The van der Waals surface area contributed by atoms with Gasteiger partial charge in [0, 0.05) is 6.42 Å². The molecule has 28 heavy (non-hydrogen) atoms. The highest BCUT2D eigenvalue weighted by molar-refractivity contribution is 5.82. The molecule has 0 radical (unpaired) electrons. The fraction of sp³-hybridized carbons (Fsp3) is 0.826. The van der Waals surface area contributed by atoms with Gasteiger partial charge in [-0.15, -0.1) is 0 Å². The second kappa shape index (κ2) is 20.4. The van der Waals surface area contributed by atoms with Gasteiger partial charge in [0.15, 0.2) is 0 Å². The average molecular weight is 399 g/mol. The third-order valence-corrected chi connectivity index (χ3v) is 4.90. The molecule has 0 aromatic rings. The number of carbonyl (C=O) groups is 2. The van der Waals surface area contributed by atoms with Gasteiger partial charge >= 0.3 is 0 Å². The van der Waals surface area contributed by atoms with Gasteiger partial charge in [-0.1, -0.05) is 84.3 Å². The quantitative estimate of drug-likeness (QED) is 0.242. The third kappa shape index (κ3) is 18.0. The number of quaternary nitrogens is 1. The molecule has 166 valence electrons. The van der Waals surface area contributed by atoms with Crippen molar-refractivity contribution in [2.75, 3.05) is 0 Å². The maximum absolute atomic E-state index is 11.8. The number of aliphatic carboxylic acids is 1. The number of unbranched alkanes of at least 4 members (excludes halogenated alkanes) is 11. The third-order valence-electron chi connectivity index (χ3n) is 4.90. The summed E-state index contributed by atoms with van der Waals surface area (Å²) in [4.78, 5) is 22.7. The number of amides is 1. The van der Waals surface area contributed by atoms with E-state index in [0.29, 0.717) is 6.42 Å². The van der Waals surface area contributed by atoms with Crippen molar-refractivity contribution in [3.63, 3.8) is 0 Å². The Kier molecular flexibility index (Phi) is 21.0. The summed E-state index contributed by atoms with van der Waals surface area (Å²) in [5.41, 5.74) is 0. The molecule has 0 aliphatic heterocycles. The van der Waals surface area contributed by atoms with Crippen molar-refractivity contribution >= 4 is 11.9 Å². The predicted octanol–water partition coefficient (Wildman–Crippen LogP) is 5.29. The van der Waals surface area contributed by atoms with Crippen molar-refractivity contribution in [2.45, 2.75) is 117 Å². The van der Waals surface area contributed by atoms with Crippen LogP contribution in [0.5, 0.6) is 0 Å². The zero-order chi connectivity index (χ0) is 20.3. The van der Waals surface area contributed by atoms with E-state index in [4.69, 9.17) is 0 Å². The summed E-state index contributed by atoms with van der Waals surface area (Å²) in [6.07, 6.45) is 20.9. The molecule has 0 aromatic heterocycles. The van der Waals surface area contributed by atoms with Gasteiger partial charge in [-0.2, -0.15) is 0 Å². The minimum Gasteiger partial charge on any atom is -0.548 e. The van der Waals surface area contributed by atoms with Crippen molar-refractivity contribution in [3.8, 4) is 0 Å². The van der Waals surface area contributed by atoms with E-state index in [9.17, 15) is 14.7 Å². The summed E-state index contributed by atoms with van der Waals surface area (Å²) in [6.45, 7) is 5.79. The van der Waals surface area contributed by atoms with E-state index in [1.165, 1.54) is 57.8 Å². The van der Waals surface area contributed by atoms with Crippen LogP contribution in [0.25, 0.3) is 0 Å². The van der Waals surface area contributed by atoms with E-state index >= 15 is 0 Å². The molecule has 0 aliphatic carbocycles. The normalized spacial score (nSPS) is 12.1. The Morgan fingerprint density at radius 2 is 1.29 bits per heavy atom. The van der Waals surface area contributed by atoms with E-state index < -0.39 is 12.0 Å². The van der Waals surface area contributed by atoms with Crippen molar-refractivity contribution in [1.29, 1.82) is 0 Å². The van der Waals surface area contributed by atoms with Gasteiger partial charge in [-0.05, 0) is 38.0 Å². The van der Waals surface area contributed by atoms with E-state index in [2.05, 4.69) is 24.4 Å². The van der Waals surface area contributed by atoms with Crippen molar-refractivity contribution in [3.05, 3.63) is 12.2 Å². The summed E-state index contributed by atoms with van der Waals surface area (Å²) in [5.74, 6) is -1.55. The zero-order valence-electron chi connectivity index (χ0n) is 18.9. The summed E-state index contributed by atoms with van der Waals surface area (Å²) in [7, 11) is 0. The maximum Gasteiger partial charge on any atom is 0.220 e. The molecule has 0 unspecified atom stereocenters. The van der Waals surface area contributed by atoms with Crippen LogP contribution in [0.4, 0.5) is 0 Å². The molecule has 0 rings (SSSR count). The highest BCUT2D eigenvalue weighted by atomic mass is 16.4. The Balaban J connectivity index is 0. The Morgan fingerprint density at radius 3 is 1.75 bits per heavy atom. The first-order chi connectivity index (χ1) is 13.0. The van der Waals surface area contributed by atoms with Gasteiger partial charge in [0.1, 0.15) is 0 Å². The summed E-state index contributed by atoms with van der Waals surface area (Å²) in [6, 6.07) is -0.888. The molecule has 5 heteroatoms. The molecule has 0 saturated carbocycles. The standard InChI is InChI=1S/C23H43NO3.H3N/c1-4-5-6-7-8-9-10-11-12-13-14-15-16-17-18-19-21(25)24-22(20(2)3)23(26)27;/h11-12,20,22H,4-10,13-19H2,1-3H3,(H,24,25)(H,26,27);1H3/b12-11-;/t22-;/m0./s1. The highest BCUT2D eigenvalue weighted by Gasteiger charge is 2.16. The van der Waals surface area contributed by atoms with Crippen molar-refractivity contribution in [2.24, 2.45) is 5.92 Å². The summed E-state index contributed by atoms with van der Waals surface area (Å²) in [5, 5.41) is 13.5. The van der Waals surface area contributed by atoms with E-state index in [1.807, 2.05) is 0 Å². The lowest BCUT2D eigenvalue weighted by Crippen LogP contribution is -2.50. The molecule has 0 bridgehead atoms. The first-order valence-electron chi connectivity index (χ1n) is 11.1. The van der Waals surface area contributed by atoms with Crippen LogP contribution in [0.15, 0.2) is 12.2 Å². The number of carbonyl (C=O) groups excluding carboxylic acids is 2. The molecule has 0 spiro atoms. The van der Waals surface area contributed by atoms with Crippen LogP contribution in [0.3, 0.4) is 0 Å². The van der Waals surface area contributed by atoms with Crippen LogP contribution in [0, 0.1) is 5.92 Å². The van der Waals surface area contributed by atoms with E-state index in [1.54, 1.807) is 13.8 Å². The number of rotatable bonds is 18. The Hall–Kier alpha value is -1.36. The topological polar surface area (TPSA) is 106 Å². The molecule has 0 saturated heterocycles. The molecule has 5 nitrogen and oxygen atoms in total. The summed E-state index contributed by atoms with van der Waals surface area (Å²) >= 11 is 0. The van der Waals surface area contributed by atoms with Gasteiger partial charge in [0.2, 0.25) is 5.91 Å². The Bertz CT molecular complexity index is 409. The number of hydrogen-bond acceptors (Lipinski definition) is 3. The summed E-state index contributed by atoms with van der Waals surface area (Å²) < 4.78 is 0. The van der Waals surface area contributed by atoms with Crippen LogP contribution < -0.4 is 16.6 Å². The lowest BCUT2D eigenvalue weighted by molar-refractivity contribution is -0.309. The number of allylic oxidation sites excluding steroid dienone is 2. The van der Waals surface area contributed by atoms with E-state index in [-0.39, 0.29) is 18.0 Å². The molecule has 0 heterocycles. The van der Waals surface area contributed by atoms with E-state index in [0.717, 1.165) is 25.7 Å². The second-order valence-electron chi connectivity index (χ2n) is 7.94. The van der Waals surface area contributed by atoms with Crippen molar-refractivity contribution in [1.82, 2.24) is 11.5 Å². The molecule has 1 atom stereocenters. The SMILES string of the molecule is CCCCCCCC/C=C\CCCCCCCC(=O)N[C@H](C(=O)[O-])C(C)C.[NH4+]. The van der Waals surface area contributed by atoms with Crippen LogP contribution in [-0.2, 0) is 9.59 Å². The monoisotopic (exact) mass is 398 g/mol. The van der Waals surface area contributed by atoms with Gasteiger partial charge in [0.05, 0.1) is 12.0 Å². The Labute approximate surface area is 173 Å². The van der Waals surface area contributed by atoms with Crippen LogP contribution in [0.2, 0.25) is 0 Å². The van der Waals surface area contributed by atoms with Crippen molar-refractivity contribution < 1.29 is 14.7 Å². The minimum absolute atomic E-state index is 0. The first kappa shape index (κ1) is 28.8. The molecule has 0 fully saturated rings. The fourth-order valence-electron chi connectivity index (χ4n) is 3.10. The lowest BCUT2D eigenvalue weighted by atomic mass is 10.0. The fourth-order valence-corrected chi connectivity index (χ4v) is 3.10. The number of nitrogens with one attached hydrogen (secondary N) is 1. The average Bonchev–Trinajstić information content (AvgIpc) is 2.62. The highest BCUT2D eigenvalue weighted by Crippen LogP contribution is 2.10. The zero-order valence-corrected chi connectivity index (χ0v) is 18.9. The lowest BCUT2D eigenvalue weighted by Gasteiger charge is -2.23. The molecule has 1 amide bonds. The predicted molar refractivity (Wildman–Crippen MR) is 117 cm³/mol. The number of carboxylic acids is 1. The molecular weight excluding hydrogens is 352 g/mol. The van der Waals surface area contributed by atoms with Gasteiger partial charge in [-0.25, -0.2) is 0 Å². The van der Waals surface area contributed by atoms with Gasteiger partial charge in [0.25, 0.3) is 0 Å². The molecule has 5 N–H and O–H groups in total. The number of hydrogen-bond donors (Lipinski definition) is 2. The van der Waals surface area contributed by atoms with Crippen LogP contribution in [-0.4, -0.2) is 17.9 Å².